The van der Waals surface area contributed by atoms with Crippen LogP contribution in [0.25, 0.3) is 0 Å². The van der Waals surface area contributed by atoms with E-state index in [1.807, 2.05) is 31.2 Å². The van der Waals surface area contributed by atoms with Crippen LogP contribution >= 0.6 is 11.6 Å². The first kappa shape index (κ1) is 12.5. The van der Waals surface area contributed by atoms with Crippen LogP contribution in [0.4, 0.5) is 0 Å². The van der Waals surface area contributed by atoms with Crippen LogP contribution in [0, 0.1) is 6.92 Å². The van der Waals surface area contributed by atoms with Crippen molar-refractivity contribution in [1.82, 2.24) is 0 Å². The highest BCUT2D eigenvalue weighted by molar-refractivity contribution is 6.31. The molecule has 1 atom stereocenters. The maximum Gasteiger partial charge on any atom is 0.122 e. The van der Waals surface area contributed by atoms with Crippen molar-refractivity contribution in [2.75, 3.05) is 6.61 Å². The first-order valence-electron chi connectivity index (χ1n) is 6.42. The molecular formula is C16H16ClNO. The Morgan fingerprint density at radius 3 is 2.68 bits per heavy atom. The number of fused-ring (bicyclic) bond motifs is 1. The Bertz CT molecular complexity index is 624. The standard InChI is InChI=1S/C16H16ClNO/c1-10-8-12(2-4-14(10)17)16(18)13-3-5-15-11(9-13)6-7-19-15/h2-5,8-9,16H,6-7,18H2,1H3. The minimum atomic E-state index is -0.123. The van der Waals surface area contributed by atoms with Gasteiger partial charge in [0.05, 0.1) is 12.6 Å². The SMILES string of the molecule is Cc1cc(C(N)c2ccc3c(c2)CCO3)ccc1Cl. The number of hydrogen-bond donors (Lipinski definition) is 1. The van der Waals surface area contributed by atoms with Gasteiger partial charge in [0, 0.05) is 11.4 Å². The van der Waals surface area contributed by atoms with Gasteiger partial charge in [0.15, 0.2) is 0 Å². The summed E-state index contributed by atoms with van der Waals surface area (Å²) in [7, 11) is 0. The molecule has 0 aliphatic carbocycles. The van der Waals surface area contributed by atoms with Crippen LogP contribution in [-0.4, -0.2) is 6.61 Å². The van der Waals surface area contributed by atoms with Crippen molar-refractivity contribution in [1.29, 1.82) is 0 Å². The third-order valence-corrected chi connectivity index (χ3v) is 4.04. The zero-order valence-electron chi connectivity index (χ0n) is 10.8. The van der Waals surface area contributed by atoms with Gasteiger partial charge in [0.1, 0.15) is 5.75 Å². The van der Waals surface area contributed by atoms with Gasteiger partial charge in [0.25, 0.3) is 0 Å². The van der Waals surface area contributed by atoms with Crippen LogP contribution in [0.15, 0.2) is 36.4 Å². The lowest BCUT2D eigenvalue weighted by Crippen LogP contribution is -2.12. The second-order valence-electron chi connectivity index (χ2n) is 4.95. The number of ether oxygens (including phenoxy) is 1. The minimum Gasteiger partial charge on any atom is -0.493 e. The van der Waals surface area contributed by atoms with Crippen molar-refractivity contribution in [3.63, 3.8) is 0 Å². The molecule has 3 heteroatoms. The van der Waals surface area contributed by atoms with Crippen LogP contribution in [0.5, 0.6) is 5.75 Å². The quantitative estimate of drug-likeness (QED) is 0.907. The number of benzene rings is 2. The highest BCUT2D eigenvalue weighted by atomic mass is 35.5. The fraction of sp³-hybridized carbons (Fsp3) is 0.250. The highest BCUT2D eigenvalue weighted by Gasteiger charge is 2.16. The van der Waals surface area contributed by atoms with Gasteiger partial charge in [-0.3, -0.25) is 0 Å². The van der Waals surface area contributed by atoms with E-state index in [0.29, 0.717) is 0 Å². The molecule has 98 valence electrons. The molecule has 2 aromatic carbocycles. The highest BCUT2D eigenvalue weighted by Crippen LogP contribution is 2.30. The predicted octanol–water partition coefficient (Wildman–Crippen LogP) is 3.63. The Balaban J connectivity index is 1.94. The number of rotatable bonds is 2. The van der Waals surface area contributed by atoms with E-state index in [1.165, 1.54) is 5.56 Å². The number of hydrogen-bond acceptors (Lipinski definition) is 2. The molecule has 1 aliphatic rings. The molecule has 2 nitrogen and oxygen atoms in total. The van der Waals surface area contributed by atoms with Gasteiger partial charge < -0.3 is 10.5 Å². The minimum absolute atomic E-state index is 0.123. The summed E-state index contributed by atoms with van der Waals surface area (Å²) in [6.45, 7) is 2.77. The second kappa shape index (κ2) is 4.87. The summed E-state index contributed by atoms with van der Waals surface area (Å²) in [5.74, 6) is 0.989. The van der Waals surface area contributed by atoms with Crippen LogP contribution in [0.2, 0.25) is 5.02 Å². The largest absolute Gasteiger partial charge is 0.493 e. The maximum atomic E-state index is 6.35. The second-order valence-corrected chi connectivity index (χ2v) is 5.36. The molecule has 0 amide bonds. The number of nitrogens with two attached hydrogens (primary N) is 1. The molecule has 0 radical (unpaired) electrons. The molecule has 0 bridgehead atoms. The molecule has 0 saturated heterocycles. The van der Waals surface area contributed by atoms with E-state index < -0.39 is 0 Å². The number of halogens is 1. The van der Waals surface area contributed by atoms with Crippen LogP contribution in [0.1, 0.15) is 28.3 Å². The van der Waals surface area contributed by atoms with Crippen molar-refractivity contribution in [3.8, 4) is 5.75 Å². The Labute approximate surface area is 118 Å². The predicted molar refractivity (Wildman–Crippen MR) is 77.9 cm³/mol. The van der Waals surface area contributed by atoms with E-state index >= 15 is 0 Å². The van der Waals surface area contributed by atoms with Crippen LogP contribution in [-0.2, 0) is 6.42 Å². The summed E-state index contributed by atoms with van der Waals surface area (Å²) >= 11 is 6.05. The van der Waals surface area contributed by atoms with E-state index in [9.17, 15) is 0 Å². The van der Waals surface area contributed by atoms with Gasteiger partial charge >= 0.3 is 0 Å². The first-order valence-corrected chi connectivity index (χ1v) is 6.80. The summed E-state index contributed by atoms with van der Waals surface area (Å²) in [6, 6.07) is 12.0. The lowest BCUT2D eigenvalue weighted by molar-refractivity contribution is 0.357. The molecule has 2 N–H and O–H groups in total. The van der Waals surface area contributed by atoms with Gasteiger partial charge in [-0.05, 0) is 41.3 Å². The maximum absolute atomic E-state index is 6.35. The van der Waals surface area contributed by atoms with E-state index in [0.717, 1.165) is 40.5 Å². The Hall–Kier alpha value is -1.51. The van der Waals surface area contributed by atoms with Crippen molar-refractivity contribution >= 4 is 11.6 Å². The molecule has 1 unspecified atom stereocenters. The van der Waals surface area contributed by atoms with Crippen LogP contribution < -0.4 is 10.5 Å². The van der Waals surface area contributed by atoms with Gasteiger partial charge in [0.2, 0.25) is 0 Å². The van der Waals surface area contributed by atoms with Gasteiger partial charge in [-0.2, -0.15) is 0 Å². The van der Waals surface area contributed by atoms with E-state index in [4.69, 9.17) is 22.1 Å². The third-order valence-electron chi connectivity index (χ3n) is 3.61. The van der Waals surface area contributed by atoms with E-state index in [-0.39, 0.29) is 6.04 Å². The smallest absolute Gasteiger partial charge is 0.122 e. The van der Waals surface area contributed by atoms with Crippen LogP contribution in [0.3, 0.4) is 0 Å². The van der Waals surface area contributed by atoms with E-state index in [1.54, 1.807) is 0 Å². The molecule has 1 aliphatic heterocycles. The van der Waals surface area contributed by atoms with Crippen molar-refractivity contribution < 1.29 is 4.74 Å². The molecular weight excluding hydrogens is 258 g/mol. The van der Waals surface area contributed by atoms with Gasteiger partial charge in [-0.1, -0.05) is 35.9 Å². The lowest BCUT2D eigenvalue weighted by Gasteiger charge is -2.14. The molecule has 0 spiro atoms. The lowest BCUT2D eigenvalue weighted by atomic mass is 9.96. The fourth-order valence-electron chi connectivity index (χ4n) is 2.45. The average molecular weight is 274 g/mol. The third kappa shape index (κ3) is 2.34. The Morgan fingerprint density at radius 2 is 1.89 bits per heavy atom. The van der Waals surface area contributed by atoms with Crippen molar-refractivity contribution in [2.24, 2.45) is 5.73 Å². The molecule has 3 rings (SSSR count). The summed E-state index contributed by atoms with van der Waals surface area (Å²) in [5.41, 5.74) is 10.8. The molecule has 1 heterocycles. The Morgan fingerprint density at radius 1 is 1.16 bits per heavy atom. The van der Waals surface area contributed by atoms with E-state index in [2.05, 4.69) is 12.1 Å². The topological polar surface area (TPSA) is 35.2 Å². The summed E-state index contributed by atoms with van der Waals surface area (Å²) < 4.78 is 5.52. The first-order chi connectivity index (χ1) is 9.15. The molecule has 19 heavy (non-hydrogen) atoms. The fourth-order valence-corrected chi connectivity index (χ4v) is 2.57. The summed E-state index contributed by atoms with van der Waals surface area (Å²) in [4.78, 5) is 0. The normalized spacial score (nSPS) is 14.9. The molecule has 2 aromatic rings. The zero-order valence-corrected chi connectivity index (χ0v) is 11.6. The Kier molecular flexibility index (Phi) is 3.21. The monoisotopic (exact) mass is 273 g/mol. The zero-order chi connectivity index (χ0) is 13.4. The van der Waals surface area contributed by atoms with Gasteiger partial charge in [-0.15, -0.1) is 0 Å². The van der Waals surface area contributed by atoms with Crippen molar-refractivity contribution in [3.05, 3.63) is 63.7 Å². The summed E-state index contributed by atoms with van der Waals surface area (Å²) in [5, 5.41) is 0.776. The number of aryl methyl sites for hydroxylation is 1. The molecule has 0 aromatic heterocycles. The molecule has 0 fully saturated rings. The van der Waals surface area contributed by atoms with Gasteiger partial charge in [-0.25, -0.2) is 0 Å². The summed E-state index contributed by atoms with van der Waals surface area (Å²) in [6.07, 6.45) is 0.968. The molecule has 0 saturated carbocycles. The van der Waals surface area contributed by atoms with Crippen molar-refractivity contribution in [2.45, 2.75) is 19.4 Å². The average Bonchev–Trinajstić information content (AvgIpc) is 2.88.